The lowest BCUT2D eigenvalue weighted by molar-refractivity contribution is -0.131. The van der Waals surface area contributed by atoms with Crippen molar-refractivity contribution in [1.82, 2.24) is 9.78 Å². The van der Waals surface area contributed by atoms with Gasteiger partial charge < -0.3 is 10.4 Å². The molecule has 1 amide bonds. The highest BCUT2D eigenvalue weighted by atomic mass is 16.4. The number of rotatable bonds is 4. The van der Waals surface area contributed by atoms with E-state index in [0.717, 1.165) is 11.6 Å². The lowest BCUT2D eigenvalue weighted by Crippen LogP contribution is -2.12. The summed E-state index contributed by atoms with van der Waals surface area (Å²) in [6, 6.07) is 5.33. The van der Waals surface area contributed by atoms with E-state index < -0.39 is 5.97 Å². The minimum absolute atomic E-state index is 0.259. The van der Waals surface area contributed by atoms with Crippen molar-refractivity contribution in [3.63, 3.8) is 0 Å². The van der Waals surface area contributed by atoms with Gasteiger partial charge in [0, 0.05) is 25.0 Å². The molecule has 0 saturated carbocycles. The molecule has 0 fully saturated rings. The second-order valence-corrected chi connectivity index (χ2v) is 4.60. The minimum atomic E-state index is -1.02. The molecular weight excluding hydrogens is 270 g/mol. The zero-order valence-corrected chi connectivity index (χ0v) is 11.7. The molecule has 108 valence electrons. The number of benzene rings is 1. The Morgan fingerprint density at radius 1 is 1.38 bits per heavy atom. The number of carbonyl (C=O) groups excluding carboxylic acids is 1. The van der Waals surface area contributed by atoms with Crippen LogP contribution in [0.2, 0.25) is 0 Å². The van der Waals surface area contributed by atoms with Crippen LogP contribution in [0.3, 0.4) is 0 Å². The monoisotopic (exact) mass is 285 g/mol. The van der Waals surface area contributed by atoms with Crippen molar-refractivity contribution in [3.8, 4) is 0 Å². The van der Waals surface area contributed by atoms with Gasteiger partial charge >= 0.3 is 5.97 Å². The molecule has 1 aromatic heterocycles. The number of anilines is 1. The standard InChI is InChI=1S/C15H15N3O3/c1-10-3-4-11(5-6-14(19)20)7-13(10)17-15(21)12-8-16-18(2)9-12/h3-9H,1-2H3,(H,17,21)(H,19,20). The number of aryl methyl sites for hydroxylation is 2. The van der Waals surface area contributed by atoms with E-state index in [1.165, 1.54) is 12.3 Å². The van der Waals surface area contributed by atoms with Gasteiger partial charge in [0.05, 0.1) is 11.8 Å². The summed E-state index contributed by atoms with van der Waals surface area (Å²) in [5.41, 5.74) is 2.68. The summed E-state index contributed by atoms with van der Waals surface area (Å²) < 4.78 is 1.55. The molecule has 0 unspecified atom stereocenters. The molecule has 21 heavy (non-hydrogen) atoms. The number of carbonyl (C=O) groups is 2. The molecule has 0 saturated heterocycles. The first-order valence-corrected chi connectivity index (χ1v) is 6.27. The molecule has 0 radical (unpaired) electrons. The van der Waals surface area contributed by atoms with Gasteiger partial charge in [0.25, 0.3) is 5.91 Å². The SMILES string of the molecule is Cc1ccc(C=CC(=O)O)cc1NC(=O)c1cnn(C)c1. The maximum Gasteiger partial charge on any atom is 0.328 e. The fourth-order valence-electron chi connectivity index (χ4n) is 1.78. The molecule has 0 aliphatic carbocycles. The first kappa shape index (κ1) is 14.5. The molecule has 2 N–H and O–H groups in total. The molecule has 0 aliphatic rings. The predicted octanol–water partition coefficient (Wildman–Crippen LogP) is 2.08. The highest BCUT2D eigenvalue weighted by Gasteiger charge is 2.09. The van der Waals surface area contributed by atoms with E-state index >= 15 is 0 Å². The zero-order chi connectivity index (χ0) is 15.4. The molecule has 0 aliphatic heterocycles. The Labute approximate surface area is 121 Å². The van der Waals surface area contributed by atoms with E-state index in [1.807, 2.05) is 13.0 Å². The molecule has 6 nitrogen and oxygen atoms in total. The largest absolute Gasteiger partial charge is 0.478 e. The summed E-state index contributed by atoms with van der Waals surface area (Å²) in [5, 5.41) is 15.4. The number of carboxylic acids is 1. The second-order valence-electron chi connectivity index (χ2n) is 4.60. The Bertz CT molecular complexity index is 717. The van der Waals surface area contributed by atoms with Crippen LogP contribution in [0, 0.1) is 6.92 Å². The summed E-state index contributed by atoms with van der Waals surface area (Å²) in [6.07, 6.45) is 5.64. The summed E-state index contributed by atoms with van der Waals surface area (Å²) in [6.45, 7) is 1.86. The van der Waals surface area contributed by atoms with Crippen molar-refractivity contribution in [2.45, 2.75) is 6.92 Å². The van der Waals surface area contributed by atoms with E-state index in [2.05, 4.69) is 10.4 Å². The minimum Gasteiger partial charge on any atom is -0.478 e. The number of amides is 1. The van der Waals surface area contributed by atoms with E-state index in [1.54, 1.807) is 30.1 Å². The van der Waals surface area contributed by atoms with Crippen molar-refractivity contribution in [1.29, 1.82) is 0 Å². The molecule has 0 atom stereocenters. The third-order valence-corrected chi connectivity index (χ3v) is 2.90. The van der Waals surface area contributed by atoms with Crippen LogP contribution in [-0.4, -0.2) is 26.8 Å². The second kappa shape index (κ2) is 6.04. The van der Waals surface area contributed by atoms with Crippen LogP contribution < -0.4 is 5.32 Å². The van der Waals surface area contributed by atoms with Crippen molar-refractivity contribution in [2.24, 2.45) is 7.05 Å². The number of carboxylic acid groups (broad SMARTS) is 1. The number of nitrogens with zero attached hydrogens (tertiary/aromatic N) is 2. The molecule has 2 rings (SSSR count). The maximum absolute atomic E-state index is 12.1. The molecule has 6 heteroatoms. The molecule has 2 aromatic rings. The van der Waals surface area contributed by atoms with Gasteiger partial charge in [-0.3, -0.25) is 9.48 Å². The van der Waals surface area contributed by atoms with Crippen molar-refractivity contribution in [3.05, 3.63) is 53.4 Å². The highest BCUT2D eigenvalue weighted by Crippen LogP contribution is 2.18. The maximum atomic E-state index is 12.1. The Morgan fingerprint density at radius 3 is 2.76 bits per heavy atom. The summed E-state index contributed by atoms with van der Waals surface area (Å²) in [7, 11) is 1.74. The van der Waals surface area contributed by atoms with E-state index in [0.29, 0.717) is 16.8 Å². The van der Waals surface area contributed by atoms with Crippen molar-refractivity contribution >= 4 is 23.6 Å². The Morgan fingerprint density at radius 2 is 2.14 bits per heavy atom. The van der Waals surface area contributed by atoms with Crippen LogP contribution in [0.5, 0.6) is 0 Å². The summed E-state index contributed by atoms with van der Waals surface area (Å²) in [5.74, 6) is -1.28. The molecule has 0 spiro atoms. The number of hydrogen-bond donors (Lipinski definition) is 2. The first-order chi connectivity index (χ1) is 9.95. The first-order valence-electron chi connectivity index (χ1n) is 6.27. The topological polar surface area (TPSA) is 84.2 Å². The number of aliphatic carboxylic acids is 1. The number of nitrogens with one attached hydrogen (secondary N) is 1. The average Bonchev–Trinajstić information content (AvgIpc) is 2.86. The lowest BCUT2D eigenvalue weighted by Gasteiger charge is -2.08. The summed E-state index contributed by atoms with van der Waals surface area (Å²) in [4.78, 5) is 22.6. The Balaban J connectivity index is 2.21. The van der Waals surface area contributed by atoms with Gasteiger partial charge in [0.1, 0.15) is 0 Å². The van der Waals surface area contributed by atoms with Gasteiger partial charge in [-0.25, -0.2) is 4.79 Å². The Hall–Kier alpha value is -2.89. The summed E-state index contributed by atoms with van der Waals surface area (Å²) >= 11 is 0. The van der Waals surface area contributed by atoms with Gasteiger partial charge in [-0.05, 0) is 30.2 Å². The fraction of sp³-hybridized carbons (Fsp3) is 0.133. The van der Waals surface area contributed by atoms with Crippen LogP contribution in [0.15, 0.2) is 36.7 Å². The molecular formula is C15H15N3O3. The molecule has 1 heterocycles. The van der Waals surface area contributed by atoms with Crippen LogP contribution in [-0.2, 0) is 11.8 Å². The van der Waals surface area contributed by atoms with Gasteiger partial charge in [-0.1, -0.05) is 12.1 Å². The predicted molar refractivity (Wildman–Crippen MR) is 79.0 cm³/mol. The van der Waals surface area contributed by atoms with E-state index in [-0.39, 0.29) is 5.91 Å². The van der Waals surface area contributed by atoms with Crippen molar-refractivity contribution in [2.75, 3.05) is 5.32 Å². The molecule has 0 bridgehead atoms. The third-order valence-electron chi connectivity index (χ3n) is 2.90. The average molecular weight is 285 g/mol. The van der Waals surface area contributed by atoms with Gasteiger partial charge in [-0.15, -0.1) is 0 Å². The normalized spacial score (nSPS) is 10.8. The highest BCUT2D eigenvalue weighted by molar-refractivity contribution is 6.04. The van der Waals surface area contributed by atoms with E-state index in [4.69, 9.17) is 5.11 Å². The van der Waals surface area contributed by atoms with E-state index in [9.17, 15) is 9.59 Å². The number of aromatic nitrogens is 2. The van der Waals surface area contributed by atoms with Gasteiger partial charge in [0.2, 0.25) is 0 Å². The van der Waals surface area contributed by atoms with Crippen LogP contribution >= 0.6 is 0 Å². The third kappa shape index (κ3) is 3.79. The van der Waals surface area contributed by atoms with Crippen LogP contribution in [0.4, 0.5) is 5.69 Å². The van der Waals surface area contributed by atoms with Crippen LogP contribution in [0.25, 0.3) is 6.08 Å². The van der Waals surface area contributed by atoms with Crippen LogP contribution in [0.1, 0.15) is 21.5 Å². The molecule has 1 aromatic carbocycles. The smallest absolute Gasteiger partial charge is 0.328 e. The van der Waals surface area contributed by atoms with Gasteiger partial charge in [-0.2, -0.15) is 5.10 Å². The zero-order valence-electron chi connectivity index (χ0n) is 11.7. The quantitative estimate of drug-likeness (QED) is 0.842. The van der Waals surface area contributed by atoms with Gasteiger partial charge in [0.15, 0.2) is 0 Å². The fourth-order valence-corrected chi connectivity index (χ4v) is 1.78. The van der Waals surface area contributed by atoms with Crippen molar-refractivity contribution < 1.29 is 14.7 Å². The number of hydrogen-bond acceptors (Lipinski definition) is 3. The lowest BCUT2D eigenvalue weighted by atomic mass is 10.1. The Kier molecular flexibility index (Phi) is 4.18.